The number of hydrogen-bond acceptors (Lipinski definition) is 2. The Morgan fingerprint density at radius 1 is 1.60 bits per heavy atom. The van der Waals surface area contributed by atoms with E-state index in [-0.39, 0.29) is 12.1 Å². The highest BCUT2D eigenvalue weighted by Crippen LogP contribution is 2.30. The first-order valence-electron chi connectivity index (χ1n) is 3.25. The summed E-state index contributed by atoms with van der Waals surface area (Å²) in [5, 5.41) is 7.05. The summed E-state index contributed by atoms with van der Waals surface area (Å²) < 4.78 is 25.2. The second-order valence-corrected chi connectivity index (χ2v) is 2.62. The van der Waals surface area contributed by atoms with E-state index < -0.39 is 12.0 Å². The third kappa shape index (κ3) is 1.16. The number of alkyl halides is 2. The van der Waals surface area contributed by atoms with Crippen molar-refractivity contribution in [2.45, 2.75) is 31.2 Å². The quantitative estimate of drug-likeness (QED) is 0.532. The summed E-state index contributed by atoms with van der Waals surface area (Å²) in [6.45, 7) is 0. The summed E-state index contributed by atoms with van der Waals surface area (Å²) in [5.41, 5.74) is 5.06. The molecule has 2 nitrogen and oxygen atoms in total. The number of hydrogen-bond donors (Lipinski definition) is 2. The van der Waals surface area contributed by atoms with Gasteiger partial charge in [0.05, 0.1) is 0 Å². The zero-order valence-corrected chi connectivity index (χ0v) is 5.53. The van der Waals surface area contributed by atoms with Crippen LogP contribution in [-0.2, 0) is 0 Å². The number of nitrogens with one attached hydrogen (secondary N) is 1. The van der Waals surface area contributed by atoms with E-state index in [1.807, 2.05) is 0 Å². The van der Waals surface area contributed by atoms with Gasteiger partial charge >= 0.3 is 0 Å². The number of nitrogens with two attached hydrogens (primary N) is 1. The van der Waals surface area contributed by atoms with E-state index in [0.29, 0.717) is 12.8 Å². The van der Waals surface area contributed by atoms with Gasteiger partial charge in [0.2, 0.25) is 0 Å². The predicted molar refractivity (Wildman–Crippen MR) is 34.5 cm³/mol. The fourth-order valence-corrected chi connectivity index (χ4v) is 1.08. The van der Waals surface area contributed by atoms with Crippen LogP contribution in [0.25, 0.3) is 0 Å². The minimum atomic E-state index is -2.84. The van der Waals surface area contributed by atoms with Crippen LogP contribution >= 0.6 is 0 Å². The SMILES string of the molecule is N=C1CCCC(F)(F)C1N. The maximum Gasteiger partial charge on any atom is 0.268 e. The molecule has 0 saturated heterocycles. The third-order valence-electron chi connectivity index (χ3n) is 1.79. The Bertz CT molecular complexity index is 156. The molecule has 0 amide bonds. The lowest BCUT2D eigenvalue weighted by atomic mass is 9.90. The van der Waals surface area contributed by atoms with Crippen molar-refractivity contribution in [3.05, 3.63) is 0 Å². The van der Waals surface area contributed by atoms with Crippen molar-refractivity contribution in [1.29, 1.82) is 5.41 Å². The van der Waals surface area contributed by atoms with Gasteiger partial charge < -0.3 is 11.1 Å². The first-order valence-corrected chi connectivity index (χ1v) is 3.25. The highest BCUT2D eigenvalue weighted by atomic mass is 19.3. The van der Waals surface area contributed by atoms with Crippen molar-refractivity contribution in [1.82, 2.24) is 0 Å². The summed E-state index contributed by atoms with van der Waals surface area (Å²) in [7, 11) is 0. The number of halogens is 2. The second kappa shape index (κ2) is 2.27. The summed E-state index contributed by atoms with van der Waals surface area (Å²) in [4.78, 5) is 0. The summed E-state index contributed by atoms with van der Waals surface area (Å²) in [5.74, 6) is -2.84. The average Bonchev–Trinajstić information content (AvgIpc) is 1.83. The van der Waals surface area contributed by atoms with Crippen LogP contribution in [0.15, 0.2) is 0 Å². The molecular weight excluding hydrogens is 138 g/mol. The normalized spacial score (nSPS) is 32.3. The van der Waals surface area contributed by atoms with Gasteiger partial charge in [-0.05, 0) is 12.8 Å². The molecule has 0 spiro atoms. The fraction of sp³-hybridized carbons (Fsp3) is 0.833. The van der Waals surface area contributed by atoms with Crippen molar-refractivity contribution in [2.75, 3.05) is 0 Å². The van der Waals surface area contributed by atoms with E-state index in [2.05, 4.69) is 0 Å². The van der Waals surface area contributed by atoms with E-state index in [9.17, 15) is 8.78 Å². The van der Waals surface area contributed by atoms with Crippen LogP contribution in [-0.4, -0.2) is 17.7 Å². The Balaban J connectivity index is 2.69. The van der Waals surface area contributed by atoms with Gasteiger partial charge in [0.25, 0.3) is 5.92 Å². The second-order valence-electron chi connectivity index (χ2n) is 2.62. The lowest BCUT2D eigenvalue weighted by Gasteiger charge is -2.28. The van der Waals surface area contributed by atoms with Gasteiger partial charge in [0, 0.05) is 12.1 Å². The summed E-state index contributed by atoms with van der Waals surface area (Å²) in [6.07, 6.45) is 0.646. The molecule has 0 bridgehead atoms. The highest BCUT2D eigenvalue weighted by molar-refractivity contribution is 5.88. The molecule has 10 heavy (non-hydrogen) atoms. The van der Waals surface area contributed by atoms with Crippen molar-refractivity contribution in [3.8, 4) is 0 Å². The van der Waals surface area contributed by atoms with Crippen LogP contribution in [0, 0.1) is 5.41 Å². The van der Waals surface area contributed by atoms with E-state index in [1.54, 1.807) is 0 Å². The largest absolute Gasteiger partial charge is 0.318 e. The molecule has 1 atom stereocenters. The molecule has 1 aliphatic carbocycles. The first-order chi connectivity index (χ1) is 4.54. The standard InChI is InChI=1S/C6H10F2N2/c7-6(8)3-1-2-4(9)5(6)10/h5,9H,1-3,10H2. The molecule has 0 aromatic heterocycles. The Hall–Kier alpha value is -0.510. The van der Waals surface area contributed by atoms with Gasteiger partial charge in [-0.25, -0.2) is 8.78 Å². The van der Waals surface area contributed by atoms with Crippen molar-refractivity contribution in [3.63, 3.8) is 0 Å². The van der Waals surface area contributed by atoms with E-state index in [1.165, 1.54) is 0 Å². The van der Waals surface area contributed by atoms with Crippen LogP contribution in [0.1, 0.15) is 19.3 Å². The predicted octanol–water partition coefficient (Wildman–Crippen LogP) is 1.15. The Morgan fingerprint density at radius 3 is 2.60 bits per heavy atom. The molecule has 1 fully saturated rings. The molecule has 0 aliphatic heterocycles. The van der Waals surface area contributed by atoms with Gasteiger partial charge in [0.1, 0.15) is 6.04 Å². The van der Waals surface area contributed by atoms with Gasteiger partial charge in [-0.2, -0.15) is 0 Å². The monoisotopic (exact) mass is 148 g/mol. The van der Waals surface area contributed by atoms with Gasteiger partial charge in [-0.3, -0.25) is 0 Å². The summed E-state index contributed by atoms with van der Waals surface area (Å²) in [6, 6.07) is -1.33. The molecule has 4 heteroatoms. The molecule has 0 aromatic carbocycles. The summed E-state index contributed by atoms with van der Waals surface area (Å²) >= 11 is 0. The molecule has 1 aliphatic rings. The lowest BCUT2D eigenvalue weighted by molar-refractivity contribution is -0.0226. The van der Waals surface area contributed by atoms with E-state index in [0.717, 1.165) is 0 Å². The molecule has 0 radical (unpaired) electrons. The first kappa shape index (κ1) is 7.60. The van der Waals surface area contributed by atoms with E-state index in [4.69, 9.17) is 11.1 Å². The maximum atomic E-state index is 12.6. The van der Waals surface area contributed by atoms with Crippen molar-refractivity contribution in [2.24, 2.45) is 5.73 Å². The average molecular weight is 148 g/mol. The molecule has 1 rings (SSSR count). The van der Waals surface area contributed by atoms with Crippen molar-refractivity contribution < 1.29 is 8.78 Å². The fourth-order valence-electron chi connectivity index (χ4n) is 1.08. The maximum absolute atomic E-state index is 12.6. The minimum absolute atomic E-state index is 0.0174. The lowest BCUT2D eigenvalue weighted by Crippen LogP contribution is -2.49. The van der Waals surface area contributed by atoms with Crippen LogP contribution in [0.4, 0.5) is 8.78 Å². The van der Waals surface area contributed by atoms with Gasteiger partial charge in [-0.15, -0.1) is 0 Å². The minimum Gasteiger partial charge on any atom is -0.318 e. The van der Waals surface area contributed by atoms with Gasteiger partial charge in [-0.1, -0.05) is 0 Å². The van der Waals surface area contributed by atoms with Crippen LogP contribution in [0.2, 0.25) is 0 Å². The van der Waals surface area contributed by atoms with Crippen LogP contribution in [0.5, 0.6) is 0 Å². The van der Waals surface area contributed by atoms with Crippen LogP contribution < -0.4 is 5.73 Å². The molecule has 0 heterocycles. The Labute approximate surface area is 57.9 Å². The van der Waals surface area contributed by atoms with Crippen molar-refractivity contribution >= 4 is 5.71 Å². The molecule has 1 unspecified atom stereocenters. The zero-order chi connectivity index (χ0) is 7.78. The van der Waals surface area contributed by atoms with Gasteiger partial charge in [0.15, 0.2) is 0 Å². The Kier molecular flexibility index (Phi) is 1.72. The zero-order valence-electron chi connectivity index (χ0n) is 5.53. The molecule has 1 saturated carbocycles. The third-order valence-corrected chi connectivity index (χ3v) is 1.79. The topological polar surface area (TPSA) is 49.9 Å². The molecule has 3 N–H and O–H groups in total. The van der Waals surface area contributed by atoms with E-state index >= 15 is 0 Å². The number of rotatable bonds is 0. The molecular formula is C6H10F2N2. The highest BCUT2D eigenvalue weighted by Gasteiger charge is 2.41. The smallest absolute Gasteiger partial charge is 0.268 e. The Morgan fingerprint density at radius 2 is 2.20 bits per heavy atom. The molecule has 0 aromatic rings. The molecule has 58 valence electrons. The van der Waals surface area contributed by atoms with Crippen LogP contribution in [0.3, 0.4) is 0 Å².